The lowest BCUT2D eigenvalue weighted by molar-refractivity contribution is 0.348. The van der Waals surface area contributed by atoms with E-state index in [4.69, 9.17) is 4.74 Å². The fourth-order valence-corrected chi connectivity index (χ4v) is 3.40. The van der Waals surface area contributed by atoms with Crippen molar-refractivity contribution < 1.29 is 4.74 Å². The molecule has 1 saturated carbocycles. The first-order valence-electron chi connectivity index (χ1n) is 8.11. The average Bonchev–Trinajstić information content (AvgIpc) is 2.97. The molecule has 0 heterocycles. The molecule has 1 atom stereocenters. The van der Waals surface area contributed by atoms with Gasteiger partial charge in [0.25, 0.3) is 0 Å². The van der Waals surface area contributed by atoms with Gasteiger partial charge in [0.1, 0.15) is 5.75 Å². The molecule has 112 valence electrons. The van der Waals surface area contributed by atoms with Gasteiger partial charge in [-0.15, -0.1) is 0 Å². The molecule has 1 aliphatic rings. The summed E-state index contributed by atoms with van der Waals surface area (Å²) in [6.45, 7) is 5.52. The van der Waals surface area contributed by atoms with Crippen LogP contribution in [-0.4, -0.2) is 19.7 Å². The van der Waals surface area contributed by atoms with Gasteiger partial charge < -0.3 is 10.1 Å². The molecule has 0 aromatic heterocycles. The maximum absolute atomic E-state index is 5.54. The Morgan fingerprint density at radius 2 is 2.05 bits per heavy atom. The highest BCUT2D eigenvalue weighted by Gasteiger charge is 2.25. The fraction of sp³-hybridized carbons (Fsp3) is 0.667. The Kier molecular flexibility index (Phi) is 5.90. The van der Waals surface area contributed by atoms with Gasteiger partial charge in [0.05, 0.1) is 7.11 Å². The summed E-state index contributed by atoms with van der Waals surface area (Å²) in [5, 5.41) is 3.78. The molecule has 1 N–H and O–H groups in total. The second-order valence-electron chi connectivity index (χ2n) is 6.12. The van der Waals surface area contributed by atoms with Crippen LogP contribution in [0.25, 0.3) is 0 Å². The van der Waals surface area contributed by atoms with E-state index in [2.05, 4.69) is 37.4 Å². The topological polar surface area (TPSA) is 21.3 Å². The molecule has 2 rings (SSSR count). The molecule has 1 fully saturated rings. The van der Waals surface area contributed by atoms with Crippen LogP contribution in [0.5, 0.6) is 5.75 Å². The van der Waals surface area contributed by atoms with Crippen molar-refractivity contribution in [1.82, 2.24) is 5.32 Å². The molecule has 0 spiro atoms. The van der Waals surface area contributed by atoms with Crippen LogP contribution in [-0.2, 0) is 6.42 Å². The fourth-order valence-electron chi connectivity index (χ4n) is 3.40. The molecule has 20 heavy (non-hydrogen) atoms. The molecule has 0 radical (unpaired) electrons. The molecular weight excluding hydrogens is 246 g/mol. The minimum atomic E-state index is 0.605. The number of benzene rings is 1. The van der Waals surface area contributed by atoms with E-state index in [1.54, 1.807) is 7.11 Å². The first-order valence-corrected chi connectivity index (χ1v) is 8.11. The second kappa shape index (κ2) is 7.68. The second-order valence-corrected chi connectivity index (χ2v) is 6.12. The largest absolute Gasteiger partial charge is 0.496 e. The summed E-state index contributed by atoms with van der Waals surface area (Å²) in [5.41, 5.74) is 2.68. The Morgan fingerprint density at radius 3 is 2.70 bits per heavy atom. The Labute approximate surface area is 123 Å². The third kappa shape index (κ3) is 3.99. The zero-order chi connectivity index (χ0) is 14.4. The lowest BCUT2D eigenvalue weighted by atomic mass is 9.91. The first-order chi connectivity index (χ1) is 9.74. The molecule has 0 aliphatic heterocycles. The van der Waals surface area contributed by atoms with E-state index in [-0.39, 0.29) is 0 Å². The summed E-state index contributed by atoms with van der Waals surface area (Å²) in [7, 11) is 1.78. The summed E-state index contributed by atoms with van der Waals surface area (Å²) < 4.78 is 5.54. The van der Waals surface area contributed by atoms with Crippen LogP contribution < -0.4 is 10.1 Å². The van der Waals surface area contributed by atoms with E-state index >= 15 is 0 Å². The number of ether oxygens (including phenoxy) is 1. The Bertz CT molecular complexity index is 410. The smallest absolute Gasteiger partial charge is 0.122 e. The normalized spacial score (nSPS) is 17.4. The van der Waals surface area contributed by atoms with Crippen molar-refractivity contribution in [2.45, 2.75) is 58.4 Å². The van der Waals surface area contributed by atoms with Gasteiger partial charge in [0.2, 0.25) is 0 Å². The van der Waals surface area contributed by atoms with Gasteiger partial charge in [0.15, 0.2) is 0 Å². The molecule has 0 amide bonds. The maximum atomic E-state index is 5.54. The predicted molar refractivity (Wildman–Crippen MR) is 85.5 cm³/mol. The quantitative estimate of drug-likeness (QED) is 0.808. The van der Waals surface area contributed by atoms with Crippen molar-refractivity contribution >= 4 is 0 Å². The zero-order valence-corrected chi connectivity index (χ0v) is 13.2. The van der Waals surface area contributed by atoms with E-state index in [9.17, 15) is 0 Å². The maximum Gasteiger partial charge on any atom is 0.122 e. The lowest BCUT2D eigenvalue weighted by Crippen LogP contribution is -2.37. The van der Waals surface area contributed by atoms with E-state index in [0.717, 1.165) is 24.6 Å². The van der Waals surface area contributed by atoms with Crippen LogP contribution in [0.3, 0.4) is 0 Å². The van der Waals surface area contributed by atoms with Crippen LogP contribution in [0.1, 0.15) is 50.2 Å². The van der Waals surface area contributed by atoms with E-state index in [1.165, 1.54) is 43.2 Å². The molecule has 1 aliphatic carbocycles. The van der Waals surface area contributed by atoms with Gasteiger partial charge >= 0.3 is 0 Å². The van der Waals surface area contributed by atoms with Gasteiger partial charge in [-0.2, -0.15) is 0 Å². The van der Waals surface area contributed by atoms with Crippen LogP contribution in [0, 0.1) is 12.8 Å². The predicted octanol–water partition coefficient (Wildman–Crippen LogP) is 4.10. The Hall–Kier alpha value is -1.02. The molecule has 0 saturated heterocycles. The van der Waals surface area contributed by atoms with Crippen molar-refractivity contribution in [2.75, 3.05) is 13.7 Å². The number of aryl methyl sites for hydroxylation is 1. The Morgan fingerprint density at radius 1 is 1.30 bits per heavy atom. The van der Waals surface area contributed by atoms with Crippen LogP contribution >= 0.6 is 0 Å². The number of methoxy groups -OCH3 is 1. The third-order valence-corrected chi connectivity index (χ3v) is 4.50. The van der Waals surface area contributed by atoms with Crippen molar-refractivity contribution in [1.29, 1.82) is 0 Å². The molecule has 0 bridgehead atoms. The molecule has 2 nitrogen and oxygen atoms in total. The minimum Gasteiger partial charge on any atom is -0.496 e. The summed E-state index contributed by atoms with van der Waals surface area (Å²) >= 11 is 0. The summed E-state index contributed by atoms with van der Waals surface area (Å²) in [4.78, 5) is 0. The van der Waals surface area contributed by atoms with Crippen molar-refractivity contribution in [3.8, 4) is 5.75 Å². The van der Waals surface area contributed by atoms with Crippen molar-refractivity contribution in [2.24, 2.45) is 5.92 Å². The monoisotopic (exact) mass is 275 g/mol. The minimum absolute atomic E-state index is 0.605. The average molecular weight is 275 g/mol. The van der Waals surface area contributed by atoms with Gasteiger partial charge in [-0.25, -0.2) is 0 Å². The number of rotatable bonds is 7. The lowest BCUT2D eigenvalue weighted by Gasteiger charge is -2.26. The highest BCUT2D eigenvalue weighted by molar-refractivity contribution is 5.37. The SMILES string of the molecule is CCCNC(Cc1cc(C)ccc1OC)C1CCCC1. The third-order valence-electron chi connectivity index (χ3n) is 4.50. The number of hydrogen-bond acceptors (Lipinski definition) is 2. The van der Waals surface area contributed by atoms with Gasteiger partial charge in [0, 0.05) is 6.04 Å². The molecular formula is C18H29NO. The molecule has 1 unspecified atom stereocenters. The highest BCUT2D eigenvalue weighted by Crippen LogP contribution is 2.31. The first kappa shape index (κ1) is 15.4. The standard InChI is InChI=1S/C18H29NO/c1-4-11-19-17(15-7-5-6-8-15)13-16-12-14(2)9-10-18(16)20-3/h9-10,12,15,17,19H,4-8,11,13H2,1-3H3. The van der Waals surface area contributed by atoms with Crippen LogP contribution in [0.2, 0.25) is 0 Å². The summed E-state index contributed by atoms with van der Waals surface area (Å²) in [5.74, 6) is 1.88. The van der Waals surface area contributed by atoms with Crippen molar-refractivity contribution in [3.05, 3.63) is 29.3 Å². The van der Waals surface area contributed by atoms with Crippen molar-refractivity contribution in [3.63, 3.8) is 0 Å². The Balaban J connectivity index is 2.11. The summed E-state index contributed by atoms with van der Waals surface area (Å²) in [6, 6.07) is 7.13. The summed E-state index contributed by atoms with van der Waals surface area (Å²) in [6.07, 6.45) is 7.87. The van der Waals surface area contributed by atoms with E-state index < -0.39 is 0 Å². The number of nitrogens with one attached hydrogen (secondary N) is 1. The highest BCUT2D eigenvalue weighted by atomic mass is 16.5. The molecule has 2 heteroatoms. The van der Waals surface area contributed by atoms with E-state index in [0.29, 0.717) is 6.04 Å². The van der Waals surface area contributed by atoms with Gasteiger partial charge in [-0.05, 0) is 56.7 Å². The number of hydrogen-bond donors (Lipinski definition) is 1. The zero-order valence-electron chi connectivity index (χ0n) is 13.2. The van der Waals surface area contributed by atoms with Gasteiger partial charge in [-0.1, -0.05) is 37.5 Å². The van der Waals surface area contributed by atoms with Gasteiger partial charge in [-0.3, -0.25) is 0 Å². The molecule has 1 aromatic carbocycles. The van der Waals surface area contributed by atoms with E-state index in [1.807, 2.05) is 0 Å². The molecule has 1 aromatic rings. The van der Waals surface area contributed by atoms with Crippen LogP contribution in [0.4, 0.5) is 0 Å². The van der Waals surface area contributed by atoms with Crippen LogP contribution in [0.15, 0.2) is 18.2 Å².